The molecule has 0 bridgehead atoms. The van der Waals surface area contributed by atoms with Gasteiger partial charge in [-0.05, 0) is 41.8 Å². The standard InChI is InChI=1S/C21H20FN3O5/c1-23(12-13-26)19-18(15-4-8-17(9-5-15)25(29)30)20(27)24(21(19)28)11-10-14-2-6-16(22)7-3-14/h2-9,26H,10-13H2,1H3. The van der Waals surface area contributed by atoms with Gasteiger partial charge < -0.3 is 10.0 Å². The Kier molecular flexibility index (Phi) is 6.22. The number of carbonyl (C=O) groups is 2. The van der Waals surface area contributed by atoms with Crippen LogP contribution in [0.2, 0.25) is 0 Å². The van der Waals surface area contributed by atoms with Crippen molar-refractivity contribution in [3.63, 3.8) is 0 Å². The molecule has 0 saturated carbocycles. The van der Waals surface area contributed by atoms with Crippen LogP contribution in [-0.4, -0.2) is 58.4 Å². The fourth-order valence-electron chi connectivity index (χ4n) is 3.28. The summed E-state index contributed by atoms with van der Waals surface area (Å²) in [5.74, 6) is -1.40. The van der Waals surface area contributed by atoms with E-state index in [4.69, 9.17) is 0 Å². The summed E-state index contributed by atoms with van der Waals surface area (Å²) in [4.78, 5) is 39.1. The number of hydrogen-bond acceptors (Lipinski definition) is 6. The molecule has 0 aliphatic carbocycles. The average molecular weight is 413 g/mol. The highest BCUT2D eigenvalue weighted by Crippen LogP contribution is 2.32. The predicted octanol–water partition coefficient (Wildman–Crippen LogP) is 1.98. The SMILES string of the molecule is CN(CCO)C1=C(c2ccc([N+](=O)[O-])cc2)C(=O)N(CCc2ccc(F)cc2)C1=O. The Morgan fingerprint density at radius 1 is 1.07 bits per heavy atom. The number of likely N-dealkylation sites (N-methyl/N-ethyl adjacent to an activating group) is 1. The average Bonchev–Trinajstić information content (AvgIpc) is 2.98. The van der Waals surface area contributed by atoms with E-state index in [0.717, 1.165) is 10.5 Å². The Hall–Kier alpha value is -3.59. The Morgan fingerprint density at radius 2 is 1.70 bits per heavy atom. The third-order valence-corrected chi connectivity index (χ3v) is 4.86. The highest BCUT2D eigenvalue weighted by atomic mass is 19.1. The maximum atomic E-state index is 13.1. The van der Waals surface area contributed by atoms with Crippen LogP contribution < -0.4 is 0 Å². The molecule has 8 nitrogen and oxygen atoms in total. The summed E-state index contributed by atoms with van der Waals surface area (Å²) < 4.78 is 13.1. The van der Waals surface area contributed by atoms with Crippen molar-refractivity contribution in [2.75, 3.05) is 26.7 Å². The van der Waals surface area contributed by atoms with E-state index in [-0.39, 0.29) is 42.5 Å². The van der Waals surface area contributed by atoms with Gasteiger partial charge in [0.2, 0.25) is 0 Å². The maximum absolute atomic E-state index is 13.1. The number of nitrogens with zero attached hydrogens (tertiary/aromatic N) is 3. The van der Waals surface area contributed by atoms with Crippen molar-refractivity contribution < 1.29 is 24.0 Å². The normalized spacial score (nSPS) is 13.9. The molecule has 3 rings (SSSR count). The number of amides is 2. The number of rotatable bonds is 8. The maximum Gasteiger partial charge on any atom is 0.277 e. The molecule has 156 valence electrons. The van der Waals surface area contributed by atoms with Crippen LogP contribution in [0, 0.1) is 15.9 Å². The van der Waals surface area contributed by atoms with Gasteiger partial charge in [0.15, 0.2) is 0 Å². The van der Waals surface area contributed by atoms with E-state index in [9.17, 15) is 29.2 Å². The quantitative estimate of drug-likeness (QED) is 0.403. The molecule has 1 N–H and O–H groups in total. The van der Waals surface area contributed by atoms with Gasteiger partial charge in [0, 0.05) is 32.3 Å². The smallest absolute Gasteiger partial charge is 0.277 e. The Labute approximate surface area is 172 Å². The zero-order chi connectivity index (χ0) is 21.8. The first kappa shape index (κ1) is 21.1. The molecule has 2 aromatic carbocycles. The fraction of sp³-hybridized carbons (Fsp3) is 0.238. The molecule has 0 atom stereocenters. The van der Waals surface area contributed by atoms with Gasteiger partial charge in [-0.2, -0.15) is 0 Å². The van der Waals surface area contributed by atoms with Crippen molar-refractivity contribution in [3.05, 3.63) is 81.3 Å². The summed E-state index contributed by atoms with van der Waals surface area (Å²) in [5.41, 5.74) is 1.27. The molecule has 0 aromatic heterocycles. The van der Waals surface area contributed by atoms with Crippen LogP contribution in [0.5, 0.6) is 0 Å². The molecule has 9 heteroatoms. The van der Waals surface area contributed by atoms with Crippen LogP contribution in [0.15, 0.2) is 54.2 Å². The van der Waals surface area contributed by atoms with Crippen LogP contribution in [0.4, 0.5) is 10.1 Å². The number of aliphatic hydroxyl groups excluding tert-OH is 1. The largest absolute Gasteiger partial charge is 0.395 e. The van der Waals surface area contributed by atoms with E-state index in [0.29, 0.717) is 12.0 Å². The zero-order valence-corrected chi connectivity index (χ0v) is 16.2. The lowest BCUT2D eigenvalue weighted by Gasteiger charge is -2.20. The lowest BCUT2D eigenvalue weighted by molar-refractivity contribution is -0.384. The summed E-state index contributed by atoms with van der Waals surface area (Å²) in [6.45, 7) is 0.0114. The molecule has 1 aliphatic rings. The van der Waals surface area contributed by atoms with E-state index < -0.39 is 16.7 Å². The first-order valence-corrected chi connectivity index (χ1v) is 9.25. The van der Waals surface area contributed by atoms with Crippen molar-refractivity contribution >= 4 is 23.1 Å². The molecular weight excluding hydrogens is 393 g/mol. The van der Waals surface area contributed by atoms with Gasteiger partial charge in [0.1, 0.15) is 11.5 Å². The summed E-state index contributed by atoms with van der Waals surface area (Å²) in [6.07, 6.45) is 0.349. The number of halogens is 1. The highest BCUT2D eigenvalue weighted by molar-refractivity contribution is 6.35. The van der Waals surface area contributed by atoms with E-state index in [2.05, 4.69) is 0 Å². The van der Waals surface area contributed by atoms with Crippen molar-refractivity contribution in [1.29, 1.82) is 0 Å². The fourth-order valence-corrected chi connectivity index (χ4v) is 3.28. The first-order valence-electron chi connectivity index (χ1n) is 9.25. The minimum absolute atomic E-state index is 0.0935. The first-order chi connectivity index (χ1) is 14.3. The van der Waals surface area contributed by atoms with Gasteiger partial charge in [0.25, 0.3) is 17.5 Å². The summed E-state index contributed by atoms with van der Waals surface area (Å²) in [7, 11) is 1.59. The molecule has 30 heavy (non-hydrogen) atoms. The van der Waals surface area contributed by atoms with E-state index in [1.165, 1.54) is 41.3 Å². The number of nitro benzene ring substituents is 1. The van der Waals surface area contributed by atoms with E-state index >= 15 is 0 Å². The lowest BCUT2D eigenvalue weighted by atomic mass is 10.0. The molecule has 1 heterocycles. The van der Waals surface area contributed by atoms with Gasteiger partial charge in [-0.3, -0.25) is 24.6 Å². The third kappa shape index (κ3) is 4.20. The van der Waals surface area contributed by atoms with Gasteiger partial charge >= 0.3 is 0 Å². The van der Waals surface area contributed by atoms with Crippen molar-refractivity contribution in [1.82, 2.24) is 9.80 Å². The van der Waals surface area contributed by atoms with E-state index in [1.807, 2.05) is 0 Å². The van der Waals surface area contributed by atoms with Crippen LogP contribution in [0.3, 0.4) is 0 Å². The lowest BCUT2D eigenvalue weighted by Crippen LogP contribution is -2.36. The Morgan fingerprint density at radius 3 is 2.27 bits per heavy atom. The second-order valence-corrected chi connectivity index (χ2v) is 6.81. The molecule has 0 fully saturated rings. The Bertz CT molecular complexity index is 1000. The molecule has 0 spiro atoms. The predicted molar refractivity (Wildman–Crippen MR) is 107 cm³/mol. The number of nitro groups is 1. The monoisotopic (exact) mass is 413 g/mol. The number of imide groups is 1. The molecule has 1 aliphatic heterocycles. The van der Waals surface area contributed by atoms with E-state index in [1.54, 1.807) is 19.2 Å². The van der Waals surface area contributed by atoms with Crippen molar-refractivity contribution in [2.45, 2.75) is 6.42 Å². The van der Waals surface area contributed by atoms with Crippen LogP contribution >= 0.6 is 0 Å². The van der Waals surface area contributed by atoms with Gasteiger partial charge in [-0.25, -0.2) is 4.39 Å². The molecule has 0 saturated heterocycles. The van der Waals surface area contributed by atoms with Gasteiger partial charge in [-0.1, -0.05) is 12.1 Å². The van der Waals surface area contributed by atoms with Crippen LogP contribution in [-0.2, 0) is 16.0 Å². The van der Waals surface area contributed by atoms with Crippen LogP contribution in [0.25, 0.3) is 5.57 Å². The number of aliphatic hydroxyl groups is 1. The number of benzene rings is 2. The van der Waals surface area contributed by atoms with Gasteiger partial charge in [0.05, 0.1) is 17.1 Å². The van der Waals surface area contributed by atoms with Crippen molar-refractivity contribution in [2.24, 2.45) is 0 Å². The molecule has 2 amide bonds. The van der Waals surface area contributed by atoms with Crippen molar-refractivity contribution in [3.8, 4) is 0 Å². The second kappa shape index (κ2) is 8.83. The summed E-state index contributed by atoms with van der Waals surface area (Å²) in [6, 6.07) is 11.2. The molecular formula is C21H20FN3O5. The highest BCUT2D eigenvalue weighted by Gasteiger charge is 2.40. The van der Waals surface area contributed by atoms with Crippen LogP contribution in [0.1, 0.15) is 11.1 Å². The minimum atomic E-state index is -0.548. The third-order valence-electron chi connectivity index (χ3n) is 4.86. The van der Waals surface area contributed by atoms with Gasteiger partial charge in [-0.15, -0.1) is 0 Å². The molecule has 0 radical (unpaired) electrons. The minimum Gasteiger partial charge on any atom is -0.395 e. The zero-order valence-electron chi connectivity index (χ0n) is 16.2. The summed E-state index contributed by atoms with van der Waals surface area (Å²) >= 11 is 0. The number of carbonyl (C=O) groups excluding carboxylic acids is 2. The topological polar surface area (TPSA) is 104 Å². The number of non-ortho nitro benzene ring substituents is 1. The summed E-state index contributed by atoms with van der Waals surface area (Å²) in [5, 5.41) is 20.2. The second-order valence-electron chi connectivity index (χ2n) is 6.81. The molecule has 2 aromatic rings. The Balaban J connectivity index is 1.91. The molecule has 0 unspecified atom stereocenters. The number of hydrogen-bond donors (Lipinski definition) is 1.